The van der Waals surface area contributed by atoms with Crippen LogP contribution in [0.4, 0.5) is 23.2 Å². The first kappa shape index (κ1) is 20.0. The number of para-hydroxylation sites is 2. The zero-order valence-corrected chi connectivity index (χ0v) is 13.7. The van der Waals surface area contributed by atoms with Crippen molar-refractivity contribution in [1.29, 1.82) is 0 Å². The summed E-state index contributed by atoms with van der Waals surface area (Å²) in [7, 11) is 0. The Hall–Kier alpha value is -3.30. The van der Waals surface area contributed by atoms with Gasteiger partial charge in [-0.25, -0.2) is 0 Å². The second-order valence-corrected chi connectivity index (χ2v) is 4.88. The van der Waals surface area contributed by atoms with Gasteiger partial charge in [0.2, 0.25) is 0 Å². The predicted octanol–water partition coefficient (Wildman–Crippen LogP) is 3.88. The zero-order chi connectivity index (χ0) is 19.6. The minimum Gasteiger partial charge on any atom is -0.435 e. The molecule has 2 aromatic rings. The lowest BCUT2D eigenvalue weighted by molar-refractivity contribution is -0.120. The highest BCUT2D eigenvalue weighted by Crippen LogP contribution is 2.25. The first-order chi connectivity index (χ1) is 12.9. The number of hydrogen-bond donors (Lipinski definition) is 1. The Balaban J connectivity index is 1.81. The fourth-order valence-electron chi connectivity index (χ4n) is 1.88. The Morgan fingerprint density at radius 2 is 1.67 bits per heavy atom. The van der Waals surface area contributed by atoms with E-state index in [1.165, 1.54) is 54.7 Å². The van der Waals surface area contributed by atoms with Gasteiger partial charge in [0.15, 0.2) is 6.61 Å². The van der Waals surface area contributed by atoms with Crippen LogP contribution >= 0.6 is 0 Å². The van der Waals surface area contributed by atoms with Gasteiger partial charge < -0.3 is 19.6 Å². The average Bonchev–Trinajstić information content (AvgIpc) is 2.61. The van der Waals surface area contributed by atoms with Gasteiger partial charge in [-0.05, 0) is 42.0 Å². The molecule has 0 aliphatic rings. The minimum atomic E-state index is -3.03. The molecule has 0 saturated heterocycles. The summed E-state index contributed by atoms with van der Waals surface area (Å²) in [5.41, 5.74) is 0.581. The van der Waals surface area contributed by atoms with E-state index in [4.69, 9.17) is 4.84 Å². The number of amides is 1. The third kappa shape index (κ3) is 7.22. The summed E-state index contributed by atoms with van der Waals surface area (Å²) in [4.78, 5) is 16.6. The van der Waals surface area contributed by atoms with Crippen molar-refractivity contribution in [2.75, 3.05) is 11.9 Å². The lowest BCUT2D eigenvalue weighted by atomic mass is 10.2. The van der Waals surface area contributed by atoms with Gasteiger partial charge in [0, 0.05) is 0 Å². The number of carbonyl (C=O) groups is 1. The molecular formula is C17H14F4N2O4. The molecule has 0 radical (unpaired) electrons. The van der Waals surface area contributed by atoms with Crippen molar-refractivity contribution < 1.29 is 36.7 Å². The maximum atomic E-state index is 12.3. The zero-order valence-electron chi connectivity index (χ0n) is 13.7. The van der Waals surface area contributed by atoms with Crippen molar-refractivity contribution in [2.45, 2.75) is 13.2 Å². The minimum absolute atomic E-state index is 0.00729. The van der Waals surface area contributed by atoms with Crippen LogP contribution in [0.2, 0.25) is 0 Å². The van der Waals surface area contributed by atoms with Crippen LogP contribution in [-0.4, -0.2) is 32.0 Å². The van der Waals surface area contributed by atoms with Crippen molar-refractivity contribution >= 4 is 17.8 Å². The third-order valence-corrected chi connectivity index (χ3v) is 2.95. The van der Waals surface area contributed by atoms with Gasteiger partial charge >= 0.3 is 13.2 Å². The number of nitrogens with one attached hydrogen (secondary N) is 1. The number of halogens is 4. The molecule has 6 nitrogen and oxygen atoms in total. The Morgan fingerprint density at radius 1 is 1.00 bits per heavy atom. The molecule has 0 unspecified atom stereocenters. The van der Waals surface area contributed by atoms with Crippen molar-refractivity contribution in [1.82, 2.24) is 0 Å². The number of carbonyl (C=O) groups excluding carboxylic acids is 1. The normalized spacial score (nSPS) is 11.0. The van der Waals surface area contributed by atoms with E-state index >= 15 is 0 Å². The molecule has 0 aromatic heterocycles. The number of anilines is 1. The molecule has 0 spiro atoms. The molecule has 10 heteroatoms. The van der Waals surface area contributed by atoms with Crippen LogP contribution in [0.5, 0.6) is 11.5 Å². The SMILES string of the molecule is O=C(CO/N=C\c1ccc(OC(F)F)cc1)Nc1ccccc1OC(F)F. The Kier molecular flexibility index (Phi) is 7.41. The van der Waals surface area contributed by atoms with Crippen LogP contribution in [0, 0.1) is 0 Å². The maximum absolute atomic E-state index is 12.3. The van der Waals surface area contributed by atoms with Crippen LogP contribution in [-0.2, 0) is 9.63 Å². The predicted molar refractivity (Wildman–Crippen MR) is 88.3 cm³/mol. The molecule has 2 aromatic carbocycles. The molecule has 144 valence electrons. The van der Waals surface area contributed by atoms with Gasteiger partial charge in [-0.1, -0.05) is 17.3 Å². The summed E-state index contributed by atoms with van der Waals surface area (Å²) in [6.45, 7) is -6.42. The van der Waals surface area contributed by atoms with Crippen molar-refractivity contribution in [3.8, 4) is 11.5 Å². The smallest absolute Gasteiger partial charge is 0.387 e. The highest BCUT2D eigenvalue weighted by atomic mass is 19.3. The van der Waals surface area contributed by atoms with Gasteiger partial charge in [-0.2, -0.15) is 17.6 Å². The van der Waals surface area contributed by atoms with Gasteiger partial charge in [0.05, 0.1) is 11.9 Å². The summed E-state index contributed by atoms with van der Waals surface area (Å²) < 4.78 is 57.2. The first-order valence-corrected chi connectivity index (χ1v) is 7.48. The second kappa shape index (κ2) is 10.00. The fourth-order valence-corrected chi connectivity index (χ4v) is 1.88. The topological polar surface area (TPSA) is 69.2 Å². The molecule has 0 bridgehead atoms. The van der Waals surface area contributed by atoms with E-state index < -0.39 is 25.7 Å². The van der Waals surface area contributed by atoms with E-state index in [2.05, 4.69) is 19.9 Å². The lowest BCUT2D eigenvalue weighted by Gasteiger charge is -2.11. The van der Waals surface area contributed by atoms with Gasteiger partial charge in [0.1, 0.15) is 11.5 Å². The van der Waals surface area contributed by atoms with Crippen LogP contribution < -0.4 is 14.8 Å². The van der Waals surface area contributed by atoms with E-state index in [1.54, 1.807) is 0 Å². The standard InChI is InChI=1S/C17H14F4N2O4/c18-16(19)26-12-7-5-11(6-8-12)9-22-25-10-15(24)23-13-3-1-2-4-14(13)27-17(20)21/h1-9,16-17H,10H2,(H,23,24)/b22-9-. The van der Waals surface area contributed by atoms with Crippen molar-refractivity contribution in [2.24, 2.45) is 5.16 Å². The molecule has 0 saturated carbocycles. The molecule has 2 rings (SSSR count). The molecule has 0 heterocycles. The van der Waals surface area contributed by atoms with Crippen LogP contribution in [0.1, 0.15) is 5.56 Å². The first-order valence-electron chi connectivity index (χ1n) is 7.48. The summed E-state index contributed by atoms with van der Waals surface area (Å²) in [5.74, 6) is -0.833. The van der Waals surface area contributed by atoms with E-state index in [9.17, 15) is 22.4 Å². The number of nitrogens with zero attached hydrogens (tertiary/aromatic N) is 1. The van der Waals surface area contributed by atoms with E-state index in [-0.39, 0.29) is 17.2 Å². The third-order valence-electron chi connectivity index (χ3n) is 2.95. The lowest BCUT2D eigenvalue weighted by Crippen LogP contribution is -2.18. The van der Waals surface area contributed by atoms with Crippen LogP contribution in [0.25, 0.3) is 0 Å². The summed E-state index contributed by atoms with van der Waals surface area (Å²) >= 11 is 0. The van der Waals surface area contributed by atoms with E-state index in [1.807, 2.05) is 0 Å². The summed E-state index contributed by atoms with van der Waals surface area (Å²) in [6.07, 6.45) is 1.26. The highest BCUT2D eigenvalue weighted by molar-refractivity contribution is 5.93. The Labute approximate surface area is 151 Å². The Bertz CT molecular complexity index is 770. The number of benzene rings is 2. The molecule has 0 fully saturated rings. The monoisotopic (exact) mass is 386 g/mol. The highest BCUT2D eigenvalue weighted by Gasteiger charge is 2.11. The molecule has 0 aliphatic heterocycles. The summed E-state index contributed by atoms with van der Waals surface area (Å²) in [5, 5.41) is 5.92. The van der Waals surface area contributed by atoms with E-state index in [0.717, 1.165) is 0 Å². The number of oxime groups is 1. The van der Waals surface area contributed by atoms with Crippen molar-refractivity contribution in [3.05, 3.63) is 54.1 Å². The number of hydrogen-bond acceptors (Lipinski definition) is 5. The molecule has 1 amide bonds. The molecule has 1 N–H and O–H groups in total. The number of ether oxygens (including phenoxy) is 2. The van der Waals surface area contributed by atoms with Gasteiger partial charge in [0.25, 0.3) is 5.91 Å². The Morgan fingerprint density at radius 3 is 2.33 bits per heavy atom. The van der Waals surface area contributed by atoms with Crippen LogP contribution in [0.15, 0.2) is 53.7 Å². The molecular weight excluding hydrogens is 372 g/mol. The molecule has 0 aliphatic carbocycles. The quantitative estimate of drug-likeness (QED) is 0.404. The molecule has 27 heavy (non-hydrogen) atoms. The van der Waals surface area contributed by atoms with Gasteiger partial charge in [-0.3, -0.25) is 4.79 Å². The van der Waals surface area contributed by atoms with Crippen LogP contribution in [0.3, 0.4) is 0 Å². The van der Waals surface area contributed by atoms with Gasteiger partial charge in [-0.15, -0.1) is 0 Å². The summed E-state index contributed by atoms with van der Waals surface area (Å²) in [6, 6.07) is 11.2. The maximum Gasteiger partial charge on any atom is 0.387 e. The molecule has 0 atom stereocenters. The average molecular weight is 386 g/mol. The number of alkyl halides is 4. The fraction of sp³-hybridized carbons (Fsp3) is 0.176. The van der Waals surface area contributed by atoms with Crippen molar-refractivity contribution in [3.63, 3.8) is 0 Å². The van der Waals surface area contributed by atoms with E-state index in [0.29, 0.717) is 5.56 Å². The second-order valence-electron chi connectivity index (χ2n) is 4.88. The number of rotatable bonds is 9. The largest absolute Gasteiger partial charge is 0.435 e.